The van der Waals surface area contributed by atoms with Gasteiger partial charge in [-0.05, 0) is 78.9 Å². The Morgan fingerprint density at radius 1 is 1.14 bits per heavy atom. The van der Waals surface area contributed by atoms with E-state index in [1.165, 1.54) is 18.4 Å². The summed E-state index contributed by atoms with van der Waals surface area (Å²) in [5, 5.41) is 10.1. The third-order valence-electron chi connectivity index (χ3n) is 8.21. The predicted molar refractivity (Wildman–Crippen MR) is 163 cm³/mol. The molecule has 0 saturated carbocycles. The molecule has 5 rings (SSSR count). The molecule has 2 bridgehead atoms. The highest BCUT2D eigenvalue weighted by Crippen LogP contribution is 2.38. The van der Waals surface area contributed by atoms with Crippen LogP contribution in [-0.4, -0.2) is 46.1 Å². The molecule has 3 aromatic rings. The molecule has 0 amide bonds. The molecule has 4 heterocycles. The second kappa shape index (κ2) is 11.6. The molecule has 43 heavy (non-hydrogen) atoms. The highest BCUT2D eigenvalue weighted by atomic mass is 32.1. The number of nitriles is 1. The number of rotatable bonds is 8. The Hall–Kier alpha value is -3.46. The summed E-state index contributed by atoms with van der Waals surface area (Å²) in [7, 11) is 1.58. The molecule has 0 spiro atoms. The number of hydrogen-bond acceptors (Lipinski definition) is 9. The second-order valence-corrected chi connectivity index (χ2v) is 13.9. The summed E-state index contributed by atoms with van der Waals surface area (Å²) in [5.41, 5.74) is -2.58. The molecule has 2 aliphatic rings. The molecule has 230 valence electrons. The number of aryl methyl sites for hydroxylation is 1. The van der Waals surface area contributed by atoms with Crippen LogP contribution in [0.5, 0.6) is 5.75 Å². The molecule has 2 fully saturated rings. The van der Waals surface area contributed by atoms with Crippen molar-refractivity contribution in [3.05, 3.63) is 61.1 Å². The standard InChI is InChI=1S/C32H39N3O7S/c1-18-25(16-33)43-28-26(18)27(36)35(32(5,6)29(37)42-31(2,3)4)30(38)34(28)17-24(22-10-8-9-11-23(22)39-7)41-21-14-19-12-13-20(15-21)40-19/h8-11,19-21,24H,12-15,17H2,1-7H3/t19-,20+,21-,24-/m0/s1. The number of methoxy groups -OCH3 is 1. The zero-order valence-corrected chi connectivity index (χ0v) is 26.6. The molecule has 10 nitrogen and oxygen atoms in total. The first-order valence-corrected chi connectivity index (χ1v) is 15.4. The molecule has 2 aromatic heterocycles. The summed E-state index contributed by atoms with van der Waals surface area (Å²) in [4.78, 5) is 42.5. The number of nitrogens with zero attached hydrogens (tertiary/aromatic N) is 3. The SMILES string of the molecule is COc1ccccc1[C@H](Cn1c(=O)n(C(C)(C)C(=O)OC(C)(C)C)c(=O)c2c(C)c(C#N)sc21)O[C@@H]1C[C@H]2CC[C@@H](C1)O2. The number of hydrogen-bond donors (Lipinski definition) is 0. The maximum Gasteiger partial charge on any atom is 0.333 e. The number of benzene rings is 1. The van der Waals surface area contributed by atoms with E-state index >= 15 is 0 Å². The number of aromatic nitrogens is 2. The van der Waals surface area contributed by atoms with Gasteiger partial charge >= 0.3 is 11.7 Å². The van der Waals surface area contributed by atoms with E-state index in [2.05, 4.69) is 6.07 Å². The van der Waals surface area contributed by atoms with E-state index in [1.807, 2.05) is 24.3 Å². The lowest BCUT2D eigenvalue weighted by molar-refractivity contribution is -0.164. The number of para-hydroxylation sites is 1. The fourth-order valence-corrected chi connectivity index (χ4v) is 7.17. The number of fused-ring (bicyclic) bond motifs is 3. The molecular weight excluding hydrogens is 570 g/mol. The Kier molecular flexibility index (Phi) is 8.33. The van der Waals surface area contributed by atoms with Crippen LogP contribution in [-0.2, 0) is 31.1 Å². The Morgan fingerprint density at radius 2 is 1.79 bits per heavy atom. The fourth-order valence-electron chi connectivity index (χ4n) is 6.07. The molecule has 2 saturated heterocycles. The predicted octanol–water partition coefficient (Wildman–Crippen LogP) is 4.96. The minimum atomic E-state index is -1.64. The van der Waals surface area contributed by atoms with Gasteiger partial charge in [0.25, 0.3) is 5.56 Å². The highest BCUT2D eigenvalue weighted by Gasteiger charge is 2.40. The summed E-state index contributed by atoms with van der Waals surface area (Å²) < 4.78 is 26.6. The van der Waals surface area contributed by atoms with Gasteiger partial charge in [-0.2, -0.15) is 5.26 Å². The number of carbonyl (C=O) groups excluding carboxylic acids is 1. The van der Waals surface area contributed by atoms with Gasteiger partial charge in [0, 0.05) is 5.56 Å². The first kappa shape index (κ1) is 31.0. The van der Waals surface area contributed by atoms with E-state index in [9.17, 15) is 19.6 Å². The molecule has 2 aliphatic heterocycles. The Labute approximate surface area is 254 Å². The number of thiophene rings is 1. The Morgan fingerprint density at radius 3 is 2.40 bits per heavy atom. The van der Waals surface area contributed by atoms with Gasteiger partial charge in [0.2, 0.25) is 0 Å². The van der Waals surface area contributed by atoms with Crippen molar-refractivity contribution in [3.63, 3.8) is 0 Å². The van der Waals surface area contributed by atoms with Crippen LogP contribution in [0, 0.1) is 18.3 Å². The smallest absolute Gasteiger partial charge is 0.333 e. The van der Waals surface area contributed by atoms with Crippen molar-refractivity contribution < 1.29 is 23.7 Å². The molecule has 0 unspecified atom stereocenters. The average Bonchev–Trinajstić information content (AvgIpc) is 3.46. The van der Waals surface area contributed by atoms with E-state index in [0.717, 1.165) is 47.2 Å². The van der Waals surface area contributed by atoms with Crippen LogP contribution in [0.4, 0.5) is 0 Å². The van der Waals surface area contributed by atoms with Crippen LogP contribution >= 0.6 is 11.3 Å². The lowest BCUT2D eigenvalue weighted by Crippen LogP contribution is -2.54. The first-order valence-electron chi connectivity index (χ1n) is 14.6. The molecule has 0 aliphatic carbocycles. The van der Waals surface area contributed by atoms with Gasteiger partial charge in [-0.25, -0.2) is 14.2 Å². The highest BCUT2D eigenvalue weighted by molar-refractivity contribution is 7.19. The van der Waals surface area contributed by atoms with Gasteiger partial charge in [0.1, 0.15) is 38.8 Å². The van der Waals surface area contributed by atoms with E-state index in [4.69, 9.17) is 18.9 Å². The van der Waals surface area contributed by atoms with E-state index in [1.54, 1.807) is 34.8 Å². The summed E-state index contributed by atoms with van der Waals surface area (Å²) in [5.74, 6) is -0.108. The minimum Gasteiger partial charge on any atom is -0.496 e. The van der Waals surface area contributed by atoms with Crippen molar-refractivity contribution in [1.82, 2.24) is 9.13 Å². The average molecular weight is 610 g/mol. The van der Waals surface area contributed by atoms with Gasteiger partial charge < -0.3 is 18.9 Å². The summed E-state index contributed by atoms with van der Waals surface area (Å²) >= 11 is 1.09. The molecule has 4 atom stereocenters. The van der Waals surface area contributed by atoms with Crippen LogP contribution in [0.2, 0.25) is 0 Å². The molecule has 0 radical (unpaired) electrons. The topological polar surface area (TPSA) is 122 Å². The van der Waals surface area contributed by atoms with Crippen molar-refractivity contribution in [2.24, 2.45) is 0 Å². The third kappa shape index (κ3) is 5.88. The molecule has 0 N–H and O–H groups in total. The molecular formula is C32H39N3O7S. The monoisotopic (exact) mass is 609 g/mol. The lowest BCUT2D eigenvalue weighted by Gasteiger charge is -2.33. The van der Waals surface area contributed by atoms with Gasteiger partial charge in [0.05, 0.1) is 37.4 Å². The molecule has 11 heteroatoms. The Balaban J connectivity index is 1.69. The van der Waals surface area contributed by atoms with Crippen LogP contribution in [0.25, 0.3) is 10.2 Å². The van der Waals surface area contributed by atoms with Gasteiger partial charge in [-0.3, -0.25) is 9.36 Å². The van der Waals surface area contributed by atoms with Crippen molar-refractivity contribution in [2.75, 3.05) is 7.11 Å². The Bertz CT molecular complexity index is 1690. The number of ether oxygens (including phenoxy) is 4. The zero-order chi connectivity index (χ0) is 31.3. The minimum absolute atomic E-state index is 0.0257. The quantitative estimate of drug-likeness (QED) is 0.329. The van der Waals surface area contributed by atoms with Crippen LogP contribution in [0.3, 0.4) is 0 Å². The largest absolute Gasteiger partial charge is 0.496 e. The van der Waals surface area contributed by atoms with E-state index in [0.29, 0.717) is 21.0 Å². The van der Waals surface area contributed by atoms with Gasteiger partial charge in [0.15, 0.2) is 0 Å². The van der Waals surface area contributed by atoms with Crippen molar-refractivity contribution in [1.29, 1.82) is 5.26 Å². The van der Waals surface area contributed by atoms with E-state index in [-0.39, 0.29) is 30.2 Å². The fraction of sp³-hybridized carbons (Fsp3) is 0.562. The number of esters is 1. The van der Waals surface area contributed by atoms with Crippen LogP contribution < -0.4 is 16.0 Å². The summed E-state index contributed by atoms with van der Waals surface area (Å²) in [6.07, 6.45) is 3.04. The van der Waals surface area contributed by atoms with Crippen LogP contribution in [0.15, 0.2) is 33.9 Å². The van der Waals surface area contributed by atoms with Gasteiger partial charge in [-0.15, -0.1) is 11.3 Å². The summed E-state index contributed by atoms with van der Waals surface area (Å²) in [6, 6.07) is 9.65. The van der Waals surface area contributed by atoms with Crippen molar-refractivity contribution in [3.8, 4) is 11.8 Å². The third-order valence-corrected chi connectivity index (χ3v) is 9.43. The lowest BCUT2D eigenvalue weighted by atomic mass is 10.0. The second-order valence-electron chi connectivity index (χ2n) is 12.9. The maximum absolute atomic E-state index is 14.4. The van der Waals surface area contributed by atoms with Gasteiger partial charge in [-0.1, -0.05) is 18.2 Å². The first-order chi connectivity index (χ1) is 20.2. The van der Waals surface area contributed by atoms with Crippen LogP contribution in [0.1, 0.15) is 82.4 Å². The number of carbonyl (C=O) groups is 1. The van der Waals surface area contributed by atoms with Crippen molar-refractivity contribution >= 4 is 27.5 Å². The molecule has 1 aromatic carbocycles. The zero-order valence-electron chi connectivity index (χ0n) is 25.8. The van der Waals surface area contributed by atoms with Crippen molar-refractivity contribution in [2.45, 2.75) is 109 Å². The van der Waals surface area contributed by atoms with E-state index < -0.39 is 34.5 Å². The normalized spacial score (nSPS) is 21.0. The summed E-state index contributed by atoms with van der Waals surface area (Å²) in [6.45, 7) is 9.89. The maximum atomic E-state index is 14.4.